The first-order valence-electron chi connectivity index (χ1n) is 17.6. The maximum absolute atomic E-state index is 11.6. The Balaban J connectivity index is 1.37. The molecular formula is C35H64O7. The Hall–Kier alpha value is -0.990. The third-order valence-corrected chi connectivity index (χ3v) is 9.14. The van der Waals surface area contributed by atoms with E-state index in [0.29, 0.717) is 31.3 Å². The van der Waals surface area contributed by atoms with Crippen molar-refractivity contribution in [2.75, 3.05) is 0 Å². The fraction of sp³-hybridized carbons (Fsp3) is 0.914. The third kappa shape index (κ3) is 16.2. The third-order valence-electron chi connectivity index (χ3n) is 9.14. The first kappa shape index (κ1) is 37.2. The standard InChI is InChI=1S/C35H64O7/c1-3-4-5-12-17-20-31(37)32(38)22-23-33(39)34-24-21-30(42-34)19-16-14-11-9-7-6-8-10-13-15-18-29(36)26-28-25-27(2)41-35(28)40/h25,27,29-34,36-39H,3-24,26H2,1-2H3/t27-,29+,30+,31?,32?,33-,34-/m0/s1. The normalized spacial score (nSPS) is 23.5. The topological polar surface area (TPSA) is 116 Å². The van der Waals surface area contributed by atoms with Crippen LogP contribution in [0, 0.1) is 0 Å². The van der Waals surface area contributed by atoms with E-state index >= 15 is 0 Å². The van der Waals surface area contributed by atoms with Crippen LogP contribution in [-0.4, -0.2) is 69.1 Å². The predicted molar refractivity (Wildman–Crippen MR) is 168 cm³/mol. The van der Waals surface area contributed by atoms with Crippen LogP contribution in [0.2, 0.25) is 0 Å². The van der Waals surface area contributed by atoms with E-state index in [1.807, 2.05) is 13.0 Å². The molecule has 0 amide bonds. The molecule has 0 aromatic heterocycles. The van der Waals surface area contributed by atoms with Gasteiger partial charge in [0.1, 0.15) is 6.10 Å². The number of ether oxygens (including phenoxy) is 2. The second-order valence-electron chi connectivity index (χ2n) is 13.1. The zero-order valence-corrected chi connectivity index (χ0v) is 26.9. The highest BCUT2D eigenvalue weighted by molar-refractivity contribution is 5.90. The summed E-state index contributed by atoms with van der Waals surface area (Å²) in [7, 11) is 0. The van der Waals surface area contributed by atoms with Gasteiger partial charge in [-0.15, -0.1) is 0 Å². The van der Waals surface area contributed by atoms with Gasteiger partial charge >= 0.3 is 5.97 Å². The van der Waals surface area contributed by atoms with Crippen LogP contribution in [0.15, 0.2) is 11.6 Å². The van der Waals surface area contributed by atoms with Gasteiger partial charge in [0.15, 0.2) is 0 Å². The quantitative estimate of drug-likeness (QED) is 0.0624. The van der Waals surface area contributed by atoms with E-state index in [-0.39, 0.29) is 24.3 Å². The van der Waals surface area contributed by atoms with Gasteiger partial charge in [0.05, 0.1) is 36.6 Å². The minimum Gasteiger partial charge on any atom is -0.455 e. The van der Waals surface area contributed by atoms with Crippen LogP contribution >= 0.6 is 0 Å². The van der Waals surface area contributed by atoms with Crippen LogP contribution in [0.25, 0.3) is 0 Å². The Bertz CT molecular complexity index is 726. The molecule has 1 saturated heterocycles. The summed E-state index contributed by atoms with van der Waals surface area (Å²) in [5.41, 5.74) is 0.622. The monoisotopic (exact) mass is 596 g/mol. The molecule has 0 spiro atoms. The van der Waals surface area contributed by atoms with E-state index in [9.17, 15) is 25.2 Å². The lowest BCUT2D eigenvalue weighted by Crippen LogP contribution is -2.31. The van der Waals surface area contributed by atoms with Crippen molar-refractivity contribution < 1.29 is 34.7 Å². The Morgan fingerprint density at radius 1 is 0.738 bits per heavy atom. The summed E-state index contributed by atoms with van der Waals surface area (Å²) < 4.78 is 11.2. The lowest BCUT2D eigenvalue weighted by atomic mass is 9.98. The molecule has 0 aliphatic carbocycles. The van der Waals surface area contributed by atoms with Crippen molar-refractivity contribution in [1.82, 2.24) is 0 Å². The fourth-order valence-electron chi connectivity index (χ4n) is 6.40. The van der Waals surface area contributed by atoms with Crippen LogP contribution in [0.4, 0.5) is 0 Å². The Morgan fingerprint density at radius 2 is 1.31 bits per heavy atom. The highest BCUT2D eigenvalue weighted by Gasteiger charge is 2.31. The maximum atomic E-state index is 11.6. The number of unbranched alkanes of at least 4 members (excludes halogenated alkanes) is 13. The van der Waals surface area contributed by atoms with Gasteiger partial charge in [0.25, 0.3) is 0 Å². The molecule has 0 saturated carbocycles. The first-order valence-corrected chi connectivity index (χ1v) is 17.6. The molecule has 2 heterocycles. The average Bonchev–Trinajstić information content (AvgIpc) is 3.57. The smallest absolute Gasteiger partial charge is 0.334 e. The molecule has 246 valence electrons. The summed E-state index contributed by atoms with van der Waals surface area (Å²) in [4.78, 5) is 11.6. The Morgan fingerprint density at radius 3 is 1.93 bits per heavy atom. The van der Waals surface area contributed by atoms with Gasteiger partial charge in [-0.1, -0.05) is 103 Å². The number of carbonyl (C=O) groups excluding carboxylic acids is 1. The van der Waals surface area contributed by atoms with Gasteiger partial charge in [-0.05, 0) is 57.9 Å². The molecule has 0 aromatic carbocycles. The summed E-state index contributed by atoms with van der Waals surface area (Å²) in [6.45, 7) is 4.03. The maximum Gasteiger partial charge on any atom is 0.334 e. The number of hydrogen-bond donors (Lipinski definition) is 4. The second-order valence-corrected chi connectivity index (χ2v) is 13.1. The second kappa shape index (κ2) is 22.5. The van der Waals surface area contributed by atoms with E-state index in [0.717, 1.165) is 51.4 Å². The average molecular weight is 597 g/mol. The van der Waals surface area contributed by atoms with Gasteiger partial charge in [-0.2, -0.15) is 0 Å². The number of aliphatic hydroxyl groups is 4. The fourth-order valence-corrected chi connectivity index (χ4v) is 6.40. The minimum absolute atomic E-state index is 0.135. The number of rotatable bonds is 26. The van der Waals surface area contributed by atoms with Gasteiger partial charge in [-0.25, -0.2) is 4.79 Å². The zero-order valence-electron chi connectivity index (χ0n) is 26.9. The number of esters is 1. The molecule has 2 unspecified atom stereocenters. The van der Waals surface area contributed by atoms with E-state index in [2.05, 4.69) is 6.92 Å². The molecule has 7 atom stereocenters. The Labute approximate surface area is 256 Å². The Kier molecular flexibility index (Phi) is 19.9. The molecule has 4 N–H and O–H groups in total. The molecular weight excluding hydrogens is 532 g/mol. The minimum atomic E-state index is -0.763. The molecule has 7 nitrogen and oxygen atoms in total. The van der Waals surface area contributed by atoms with Gasteiger partial charge in [-0.3, -0.25) is 0 Å². The number of aliphatic hydroxyl groups excluding tert-OH is 4. The zero-order chi connectivity index (χ0) is 30.6. The van der Waals surface area contributed by atoms with Crippen LogP contribution in [0.5, 0.6) is 0 Å². The van der Waals surface area contributed by atoms with Crippen molar-refractivity contribution in [3.8, 4) is 0 Å². The molecule has 2 aliphatic heterocycles. The number of carbonyl (C=O) groups is 1. The van der Waals surface area contributed by atoms with Crippen molar-refractivity contribution in [3.63, 3.8) is 0 Å². The van der Waals surface area contributed by atoms with Crippen molar-refractivity contribution in [1.29, 1.82) is 0 Å². The molecule has 42 heavy (non-hydrogen) atoms. The van der Waals surface area contributed by atoms with Crippen molar-refractivity contribution in [3.05, 3.63) is 11.6 Å². The number of hydrogen-bond acceptors (Lipinski definition) is 7. The predicted octanol–water partition coefficient (Wildman–Crippen LogP) is 7.06. The summed E-state index contributed by atoms with van der Waals surface area (Å²) in [6.07, 6.45) is 22.7. The van der Waals surface area contributed by atoms with E-state index in [4.69, 9.17) is 9.47 Å². The SMILES string of the molecule is CCCCCCCC(O)C(O)CC[C@H](O)[C@@H]1CC[C@@H](CCCCCCCCCCCC[C@@H](O)CC2=C[C@H](C)OC2=O)O1. The molecule has 0 bridgehead atoms. The first-order chi connectivity index (χ1) is 20.3. The van der Waals surface area contributed by atoms with Crippen LogP contribution in [0.1, 0.15) is 162 Å². The van der Waals surface area contributed by atoms with E-state index in [1.165, 1.54) is 70.6 Å². The lowest BCUT2D eigenvalue weighted by Gasteiger charge is -2.22. The van der Waals surface area contributed by atoms with Gasteiger partial charge < -0.3 is 29.9 Å². The van der Waals surface area contributed by atoms with E-state index < -0.39 is 24.4 Å². The van der Waals surface area contributed by atoms with Crippen molar-refractivity contribution in [2.45, 2.75) is 204 Å². The highest BCUT2D eigenvalue weighted by Crippen LogP contribution is 2.28. The van der Waals surface area contributed by atoms with Crippen molar-refractivity contribution in [2.24, 2.45) is 0 Å². The van der Waals surface area contributed by atoms with Crippen LogP contribution in [0.3, 0.4) is 0 Å². The summed E-state index contributed by atoms with van der Waals surface area (Å²) >= 11 is 0. The summed E-state index contributed by atoms with van der Waals surface area (Å²) in [5, 5.41) is 41.2. The highest BCUT2D eigenvalue weighted by atomic mass is 16.5. The molecule has 2 aliphatic rings. The molecule has 0 aromatic rings. The van der Waals surface area contributed by atoms with E-state index in [1.54, 1.807) is 0 Å². The summed E-state index contributed by atoms with van der Waals surface area (Å²) in [6, 6.07) is 0. The van der Waals surface area contributed by atoms with Crippen molar-refractivity contribution >= 4 is 5.97 Å². The lowest BCUT2D eigenvalue weighted by molar-refractivity contribution is -0.139. The molecule has 1 fully saturated rings. The molecule has 0 radical (unpaired) electrons. The summed E-state index contributed by atoms with van der Waals surface area (Å²) in [5.74, 6) is -0.276. The van der Waals surface area contributed by atoms with Gasteiger partial charge in [0.2, 0.25) is 0 Å². The van der Waals surface area contributed by atoms with Crippen LogP contribution in [-0.2, 0) is 14.3 Å². The van der Waals surface area contributed by atoms with Crippen LogP contribution < -0.4 is 0 Å². The molecule has 7 heteroatoms. The largest absolute Gasteiger partial charge is 0.455 e. The molecule has 2 rings (SSSR count). The van der Waals surface area contributed by atoms with Gasteiger partial charge in [0, 0.05) is 12.0 Å². The number of cyclic esters (lactones) is 1.